The predicted molar refractivity (Wildman–Crippen MR) is 56.3 cm³/mol. The van der Waals surface area contributed by atoms with Crippen molar-refractivity contribution in [3.8, 4) is 0 Å². The summed E-state index contributed by atoms with van der Waals surface area (Å²) in [7, 11) is 0. The van der Waals surface area contributed by atoms with Crippen molar-refractivity contribution >= 4 is 0 Å². The standard InChI is InChI=1S/C12H16FN/c1-9-4-2-3-5-11(9)12-8-14-7-10(12)6-13/h2-5,10,12,14H,6-8H2,1H3. The molecule has 0 spiro atoms. The summed E-state index contributed by atoms with van der Waals surface area (Å²) in [6.07, 6.45) is 0. The third kappa shape index (κ3) is 1.67. The predicted octanol–water partition coefficient (Wildman–Crippen LogP) is 2.27. The molecule has 1 saturated heterocycles. The van der Waals surface area contributed by atoms with E-state index in [1.165, 1.54) is 11.1 Å². The summed E-state index contributed by atoms with van der Waals surface area (Å²) in [5, 5.41) is 3.26. The van der Waals surface area contributed by atoms with Crippen LogP contribution in [0.5, 0.6) is 0 Å². The van der Waals surface area contributed by atoms with Crippen molar-refractivity contribution in [3.05, 3.63) is 35.4 Å². The lowest BCUT2D eigenvalue weighted by molar-refractivity contribution is 0.358. The Morgan fingerprint density at radius 2 is 2.14 bits per heavy atom. The lowest BCUT2D eigenvalue weighted by atomic mass is 9.87. The summed E-state index contributed by atoms with van der Waals surface area (Å²) >= 11 is 0. The Balaban J connectivity index is 2.26. The van der Waals surface area contributed by atoms with Gasteiger partial charge in [0.05, 0.1) is 6.67 Å². The molecule has 1 nitrogen and oxygen atoms in total. The van der Waals surface area contributed by atoms with Gasteiger partial charge in [-0.2, -0.15) is 0 Å². The SMILES string of the molecule is Cc1ccccc1C1CNCC1CF. The van der Waals surface area contributed by atoms with E-state index in [0.29, 0.717) is 5.92 Å². The van der Waals surface area contributed by atoms with Gasteiger partial charge < -0.3 is 5.32 Å². The van der Waals surface area contributed by atoms with E-state index in [0.717, 1.165) is 13.1 Å². The van der Waals surface area contributed by atoms with Crippen LogP contribution in [-0.2, 0) is 0 Å². The van der Waals surface area contributed by atoms with E-state index in [9.17, 15) is 4.39 Å². The molecule has 1 aromatic rings. The Labute approximate surface area is 84.3 Å². The van der Waals surface area contributed by atoms with Gasteiger partial charge in [0, 0.05) is 24.9 Å². The number of hydrogen-bond acceptors (Lipinski definition) is 1. The van der Waals surface area contributed by atoms with E-state index in [4.69, 9.17) is 0 Å². The number of hydrogen-bond donors (Lipinski definition) is 1. The minimum absolute atomic E-state index is 0.163. The van der Waals surface area contributed by atoms with Crippen molar-refractivity contribution in [2.45, 2.75) is 12.8 Å². The van der Waals surface area contributed by atoms with Gasteiger partial charge in [-0.05, 0) is 18.1 Å². The molecule has 1 fully saturated rings. The summed E-state index contributed by atoms with van der Waals surface area (Å²) in [5.41, 5.74) is 2.58. The van der Waals surface area contributed by atoms with Gasteiger partial charge in [0.2, 0.25) is 0 Å². The van der Waals surface area contributed by atoms with E-state index in [2.05, 4.69) is 24.4 Å². The molecule has 1 aliphatic heterocycles. The molecule has 0 bridgehead atoms. The van der Waals surface area contributed by atoms with E-state index < -0.39 is 0 Å². The van der Waals surface area contributed by atoms with E-state index >= 15 is 0 Å². The molecule has 1 aromatic carbocycles. The van der Waals surface area contributed by atoms with E-state index in [1.54, 1.807) is 0 Å². The summed E-state index contributed by atoms with van der Waals surface area (Å²) in [4.78, 5) is 0. The molecule has 0 aliphatic carbocycles. The lowest BCUT2D eigenvalue weighted by Gasteiger charge is -2.17. The van der Waals surface area contributed by atoms with Crippen molar-refractivity contribution in [2.75, 3.05) is 19.8 Å². The summed E-state index contributed by atoms with van der Waals surface area (Å²) in [5.74, 6) is 0.525. The molecule has 2 heteroatoms. The van der Waals surface area contributed by atoms with Gasteiger partial charge in [-0.1, -0.05) is 24.3 Å². The number of benzene rings is 1. The van der Waals surface area contributed by atoms with Crippen LogP contribution in [0, 0.1) is 12.8 Å². The molecule has 0 amide bonds. The molecule has 0 saturated carbocycles. The van der Waals surface area contributed by atoms with Crippen molar-refractivity contribution in [3.63, 3.8) is 0 Å². The van der Waals surface area contributed by atoms with Crippen LogP contribution < -0.4 is 5.32 Å². The van der Waals surface area contributed by atoms with Gasteiger partial charge in [0.15, 0.2) is 0 Å². The fourth-order valence-electron chi connectivity index (χ4n) is 2.26. The third-order valence-electron chi connectivity index (χ3n) is 3.13. The Bertz CT molecular complexity index is 311. The van der Waals surface area contributed by atoms with Gasteiger partial charge >= 0.3 is 0 Å². The van der Waals surface area contributed by atoms with Crippen LogP contribution in [0.2, 0.25) is 0 Å². The van der Waals surface area contributed by atoms with Crippen molar-refractivity contribution in [1.82, 2.24) is 5.32 Å². The van der Waals surface area contributed by atoms with E-state index in [1.807, 2.05) is 12.1 Å². The highest BCUT2D eigenvalue weighted by Crippen LogP contribution is 2.30. The van der Waals surface area contributed by atoms with Crippen LogP contribution >= 0.6 is 0 Å². The first kappa shape index (κ1) is 9.66. The average Bonchev–Trinajstić information content (AvgIpc) is 2.66. The smallest absolute Gasteiger partial charge is 0.0941 e. The van der Waals surface area contributed by atoms with Gasteiger partial charge in [-0.25, -0.2) is 0 Å². The zero-order valence-electron chi connectivity index (χ0n) is 8.46. The second-order valence-electron chi connectivity index (χ2n) is 4.04. The molecule has 2 rings (SSSR count). The topological polar surface area (TPSA) is 12.0 Å². The minimum atomic E-state index is -0.216. The van der Waals surface area contributed by atoms with Gasteiger partial charge in [0.25, 0.3) is 0 Å². The number of nitrogens with one attached hydrogen (secondary N) is 1. The molecule has 1 heterocycles. The van der Waals surface area contributed by atoms with Crippen molar-refractivity contribution in [1.29, 1.82) is 0 Å². The Hall–Kier alpha value is -0.890. The summed E-state index contributed by atoms with van der Waals surface area (Å²) in [6, 6.07) is 8.29. The minimum Gasteiger partial charge on any atom is -0.316 e. The first-order valence-corrected chi connectivity index (χ1v) is 5.15. The number of aryl methyl sites for hydroxylation is 1. The molecular formula is C12H16FN. The maximum absolute atomic E-state index is 12.7. The maximum atomic E-state index is 12.7. The zero-order chi connectivity index (χ0) is 9.97. The Morgan fingerprint density at radius 3 is 2.86 bits per heavy atom. The molecular weight excluding hydrogens is 177 g/mol. The van der Waals surface area contributed by atoms with Gasteiger partial charge in [-0.3, -0.25) is 4.39 Å². The highest BCUT2D eigenvalue weighted by Gasteiger charge is 2.28. The van der Waals surface area contributed by atoms with Gasteiger partial charge in [0.1, 0.15) is 0 Å². The normalized spacial score (nSPS) is 26.7. The Kier molecular flexibility index (Phi) is 2.82. The fourth-order valence-corrected chi connectivity index (χ4v) is 2.26. The highest BCUT2D eigenvalue weighted by molar-refractivity contribution is 5.30. The average molecular weight is 193 g/mol. The molecule has 1 N–H and O–H groups in total. The number of alkyl halides is 1. The number of rotatable bonds is 2. The molecule has 1 aliphatic rings. The highest BCUT2D eigenvalue weighted by atomic mass is 19.1. The molecule has 0 aromatic heterocycles. The monoisotopic (exact) mass is 193 g/mol. The summed E-state index contributed by atoms with van der Waals surface area (Å²) < 4.78 is 12.7. The lowest BCUT2D eigenvalue weighted by Crippen LogP contribution is -2.13. The maximum Gasteiger partial charge on any atom is 0.0941 e. The van der Waals surface area contributed by atoms with Crippen LogP contribution in [0.4, 0.5) is 4.39 Å². The largest absolute Gasteiger partial charge is 0.316 e. The first-order chi connectivity index (χ1) is 6.83. The van der Waals surface area contributed by atoms with Crippen molar-refractivity contribution in [2.24, 2.45) is 5.92 Å². The van der Waals surface area contributed by atoms with Crippen molar-refractivity contribution < 1.29 is 4.39 Å². The fraction of sp³-hybridized carbons (Fsp3) is 0.500. The van der Waals surface area contributed by atoms with Gasteiger partial charge in [-0.15, -0.1) is 0 Å². The third-order valence-corrected chi connectivity index (χ3v) is 3.13. The second-order valence-corrected chi connectivity index (χ2v) is 4.04. The van der Waals surface area contributed by atoms with Crippen LogP contribution in [0.25, 0.3) is 0 Å². The van der Waals surface area contributed by atoms with E-state index in [-0.39, 0.29) is 12.6 Å². The van der Waals surface area contributed by atoms with Crippen LogP contribution in [0.15, 0.2) is 24.3 Å². The first-order valence-electron chi connectivity index (χ1n) is 5.15. The molecule has 14 heavy (non-hydrogen) atoms. The Morgan fingerprint density at radius 1 is 1.36 bits per heavy atom. The number of halogens is 1. The van der Waals surface area contributed by atoms with Crippen LogP contribution in [-0.4, -0.2) is 19.8 Å². The molecule has 2 unspecified atom stereocenters. The van der Waals surface area contributed by atoms with Crippen LogP contribution in [0.1, 0.15) is 17.0 Å². The summed E-state index contributed by atoms with van der Waals surface area (Å²) in [6.45, 7) is 3.61. The molecule has 2 atom stereocenters. The molecule has 0 radical (unpaired) electrons. The molecule has 76 valence electrons. The van der Waals surface area contributed by atoms with Crippen LogP contribution in [0.3, 0.4) is 0 Å². The second kappa shape index (κ2) is 4.09. The zero-order valence-corrected chi connectivity index (χ0v) is 8.46. The quantitative estimate of drug-likeness (QED) is 0.759.